The van der Waals surface area contributed by atoms with Gasteiger partial charge in [-0.25, -0.2) is 4.79 Å². The molecule has 1 saturated carbocycles. The van der Waals surface area contributed by atoms with Crippen LogP contribution in [0.5, 0.6) is 5.75 Å². The summed E-state index contributed by atoms with van der Waals surface area (Å²) in [5, 5.41) is 2.99. The van der Waals surface area contributed by atoms with E-state index in [0.717, 1.165) is 23.7 Å². The lowest BCUT2D eigenvalue weighted by molar-refractivity contribution is -0.157. The molecule has 0 aliphatic heterocycles. The molecule has 0 bridgehead atoms. The molecule has 132 valence electrons. The molecule has 0 saturated heterocycles. The summed E-state index contributed by atoms with van der Waals surface area (Å²) in [7, 11) is 0. The summed E-state index contributed by atoms with van der Waals surface area (Å²) >= 11 is 3.33. The summed E-state index contributed by atoms with van der Waals surface area (Å²) in [6, 6.07) is 7.31. The summed E-state index contributed by atoms with van der Waals surface area (Å²) in [5.74, 6) is 0.234. The van der Waals surface area contributed by atoms with Gasteiger partial charge < -0.3 is 14.8 Å². The Morgan fingerprint density at radius 3 is 2.58 bits per heavy atom. The molecular formula is C18H24BrNO4. The van der Waals surface area contributed by atoms with Crippen LogP contribution in [0.15, 0.2) is 28.7 Å². The number of esters is 1. The van der Waals surface area contributed by atoms with Crippen LogP contribution in [0.4, 0.5) is 0 Å². The highest BCUT2D eigenvalue weighted by Gasteiger charge is 2.26. The third-order valence-corrected chi connectivity index (χ3v) is 4.82. The van der Waals surface area contributed by atoms with Gasteiger partial charge in [-0.1, -0.05) is 35.7 Å². The lowest BCUT2D eigenvalue weighted by Gasteiger charge is -2.30. The molecule has 3 atom stereocenters. The van der Waals surface area contributed by atoms with Crippen LogP contribution in [0.2, 0.25) is 0 Å². The topological polar surface area (TPSA) is 64.6 Å². The molecule has 0 radical (unpaired) electrons. The quantitative estimate of drug-likeness (QED) is 0.746. The van der Waals surface area contributed by atoms with Crippen LogP contribution in [0.1, 0.15) is 39.5 Å². The number of carbonyl (C=O) groups is 2. The molecule has 0 heterocycles. The van der Waals surface area contributed by atoms with E-state index in [1.807, 2.05) is 12.1 Å². The standard InChI is InChI=1S/C18H24BrNO4/c1-12-5-3-4-6-16(12)20-18(22)13(2)24-17(21)11-23-15-9-7-14(19)8-10-15/h7-10,12-13,16H,3-6,11H2,1-2H3,(H,20,22)/t12-,13+,16+/m0/s1. The zero-order chi connectivity index (χ0) is 17.5. The van der Waals surface area contributed by atoms with Gasteiger partial charge in [-0.15, -0.1) is 0 Å². The summed E-state index contributed by atoms with van der Waals surface area (Å²) in [6.45, 7) is 3.51. The third kappa shape index (κ3) is 5.82. The van der Waals surface area contributed by atoms with E-state index in [1.165, 1.54) is 6.42 Å². The predicted molar refractivity (Wildman–Crippen MR) is 94.8 cm³/mol. The number of ether oxygens (including phenoxy) is 2. The number of amides is 1. The van der Waals surface area contributed by atoms with E-state index in [2.05, 4.69) is 28.2 Å². The van der Waals surface area contributed by atoms with Crippen molar-refractivity contribution in [1.82, 2.24) is 5.32 Å². The van der Waals surface area contributed by atoms with Crippen molar-refractivity contribution >= 4 is 27.8 Å². The number of carbonyl (C=O) groups excluding carboxylic acids is 2. The Hall–Kier alpha value is -1.56. The normalized spacial score (nSPS) is 21.6. The number of hydrogen-bond donors (Lipinski definition) is 1. The molecule has 2 rings (SSSR count). The van der Waals surface area contributed by atoms with Crippen molar-refractivity contribution in [3.8, 4) is 5.75 Å². The van der Waals surface area contributed by atoms with Gasteiger partial charge >= 0.3 is 5.97 Å². The fourth-order valence-corrected chi connectivity index (χ4v) is 3.05. The van der Waals surface area contributed by atoms with Crippen LogP contribution in [-0.4, -0.2) is 30.6 Å². The van der Waals surface area contributed by atoms with E-state index in [-0.39, 0.29) is 18.6 Å². The number of benzene rings is 1. The smallest absolute Gasteiger partial charge is 0.344 e. The molecule has 0 unspecified atom stereocenters. The van der Waals surface area contributed by atoms with Crippen molar-refractivity contribution in [1.29, 1.82) is 0 Å². The largest absolute Gasteiger partial charge is 0.482 e. The summed E-state index contributed by atoms with van der Waals surface area (Å²) in [6.07, 6.45) is 3.64. The third-order valence-electron chi connectivity index (χ3n) is 4.29. The highest BCUT2D eigenvalue weighted by Crippen LogP contribution is 2.23. The van der Waals surface area contributed by atoms with E-state index in [9.17, 15) is 9.59 Å². The molecule has 1 aromatic carbocycles. The fourth-order valence-electron chi connectivity index (χ4n) is 2.79. The first-order valence-corrected chi connectivity index (χ1v) is 9.13. The van der Waals surface area contributed by atoms with Gasteiger partial charge in [-0.2, -0.15) is 0 Å². The Bertz CT molecular complexity index is 561. The van der Waals surface area contributed by atoms with Gasteiger partial charge in [0, 0.05) is 10.5 Å². The molecule has 1 aromatic rings. The van der Waals surface area contributed by atoms with Crippen LogP contribution >= 0.6 is 15.9 Å². The van der Waals surface area contributed by atoms with Crippen molar-refractivity contribution in [3.05, 3.63) is 28.7 Å². The Kier molecular flexibility index (Phi) is 7.09. The van der Waals surface area contributed by atoms with E-state index in [4.69, 9.17) is 9.47 Å². The minimum absolute atomic E-state index is 0.173. The second-order valence-corrected chi connectivity index (χ2v) is 7.17. The Labute approximate surface area is 151 Å². The molecule has 1 aliphatic carbocycles. The molecule has 1 amide bonds. The van der Waals surface area contributed by atoms with Crippen LogP contribution in [-0.2, 0) is 14.3 Å². The minimum Gasteiger partial charge on any atom is -0.482 e. The average Bonchev–Trinajstić information content (AvgIpc) is 2.56. The number of hydrogen-bond acceptors (Lipinski definition) is 4. The van der Waals surface area contributed by atoms with Crippen LogP contribution < -0.4 is 10.1 Å². The van der Waals surface area contributed by atoms with Crippen molar-refractivity contribution in [2.75, 3.05) is 6.61 Å². The number of nitrogens with one attached hydrogen (secondary N) is 1. The average molecular weight is 398 g/mol. The second-order valence-electron chi connectivity index (χ2n) is 6.25. The van der Waals surface area contributed by atoms with Gasteiger partial charge in [0.15, 0.2) is 12.7 Å². The highest BCUT2D eigenvalue weighted by molar-refractivity contribution is 9.10. The first-order valence-electron chi connectivity index (χ1n) is 8.34. The maximum Gasteiger partial charge on any atom is 0.344 e. The lowest BCUT2D eigenvalue weighted by Crippen LogP contribution is -2.46. The van der Waals surface area contributed by atoms with Crippen LogP contribution in [0.25, 0.3) is 0 Å². The van der Waals surface area contributed by atoms with Gasteiger partial charge in [0.1, 0.15) is 5.75 Å². The Balaban J connectivity index is 1.73. The van der Waals surface area contributed by atoms with Crippen LogP contribution in [0.3, 0.4) is 0 Å². The van der Waals surface area contributed by atoms with E-state index in [0.29, 0.717) is 11.7 Å². The Morgan fingerprint density at radius 2 is 1.92 bits per heavy atom. The molecule has 0 aromatic heterocycles. The highest BCUT2D eigenvalue weighted by atomic mass is 79.9. The van der Waals surface area contributed by atoms with Crippen molar-refractivity contribution in [2.45, 2.75) is 51.7 Å². The maximum atomic E-state index is 12.2. The predicted octanol–water partition coefficient (Wildman–Crippen LogP) is 3.45. The number of halogens is 1. The van der Waals surface area contributed by atoms with Crippen molar-refractivity contribution in [2.24, 2.45) is 5.92 Å². The summed E-state index contributed by atoms with van der Waals surface area (Å²) in [5.41, 5.74) is 0. The first kappa shape index (κ1) is 18.8. The number of rotatable bonds is 6. The van der Waals surface area contributed by atoms with E-state index in [1.54, 1.807) is 19.1 Å². The molecule has 1 aliphatic rings. The van der Waals surface area contributed by atoms with Crippen molar-refractivity contribution < 1.29 is 19.1 Å². The van der Waals surface area contributed by atoms with E-state index >= 15 is 0 Å². The molecule has 6 heteroatoms. The van der Waals surface area contributed by atoms with Gasteiger partial charge in [0.2, 0.25) is 0 Å². The minimum atomic E-state index is -0.819. The fraction of sp³-hybridized carbons (Fsp3) is 0.556. The zero-order valence-corrected chi connectivity index (χ0v) is 15.7. The SMILES string of the molecule is C[C@@H](OC(=O)COc1ccc(Br)cc1)C(=O)N[C@@H]1CCCC[C@@H]1C. The molecule has 0 spiro atoms. The lowest BCUT2D eigenvalue weighted by atomic mass is 9.86. The van der Waals surface area contributed by atoms with Gasteiger partial charge in [0.05, 0.1) is 0 Å². The molecular weight excluding hydrogens is 374 g/mol. The van der Waals surface area contributed by atoms with Crippen LogP contribution in [0, 0.1) is 5.92 Å². The van der Waals surface area contributed by atoms with Gasteiger partial charge in [0.25, 0.3) is 5.91 Å². The van der Waals surface area contributed by atoms with Gasteiger partial charge in [-0.3, -0.25) is 4.79 Å². The molecule has 1 fully saturated rings. The monoisotopic (exact) mass is 397 g/mol. The first-order chi connectivity index (χ1) is 11.5. The summed E-state index contributed by atoms with van der Waals surface area (Å²) in [4.78, 5) is 24.0. The van der Waals surface area contributed by atoms with Gasteiger partial charge in [-0.05, 0) is 49.9 Å². The maximum absolute atomic E-state index is 12.2. The zero-order valence-electron chi connectivity index (χ0n) is 14.1. The molecule has 1 N–H and O–H groups in total. The van der Waals surface area contributed by atoms with E-state index < -0.39 is 12.1 Å². The van der Waals surface area contributed by atoms with Crippen molar-refractivity contribution in [3.63, 3.8) is 0 Å². The second kappa shape index (κ2) is 9.06. The Morgan fingerprint density at radius 1 is 1.25 bits per heavy atom. The molecule has 24 heavy (non-hydrogen) atoms. The molecule has 5 nitrogen and oxygen atoms in total. The summed E-state index contributed by atoms with van der Waals surface area (Å²) < 4.78 is 11.4.